The number of hydrogen-bond acceptors (Lipinski definition) is 4. The zero-order valence-corrected chi connectivity index (χ0v) is 16.5. The fourth-order valence-corrected chi connectivity index (χ4v) is 3.63. The first kappa shape index (κ1) is 19.4. The first-order valence-electron chi connectivity index (χ1n) is 9.65. The lowest BCUT2D eigenvalue weighted by Gasteiger charge is -2.33. The minimum Gasteiger partial charge on any atom is -0.338 e. The molecule has 3 rings (SSSR count). The second kappa shape index (κ2) is 8.52. The minimum absolute atomic E-state index is 0.0635. The Bertz CT molecular complexity index is 839. The Morgan fingerprint density at radius 2 is 2.11 bits per heavy atom. The quantitative estimate of drug-likeness (QED) is 0.775. The number of carbonyl (C=O) groups excluding carboxylic acids is 1. The van der Waals surface area contributed by atoms with Crippen LogP contribution in [0, 0.1) is 0 Å². The van der Waals surface area contributed by atoms with Crippen molar-refractivity contribution in [3.63, 3.8) is 0 Å². The molecule has 1 atom stereocenters. The van der Waals surface area contributed by atoms with E-state index in [1.54, 1.807) is 16.8 Å². The van der Waals surface area contributed by atoms with E-state index < -0.39 is 0 Å². The van der Waals surface area contributed by atoms with Gasteiger partial charge in [-0.05, 0) is 39.9 Å². The number of likely N-dealkylation sites (tertiary alicyclic amines) is 1. The number of rotatable bonds is 6. The van der Waals surface area contributed by atoms with Gasteiger partial charge in [-0.3, -0.25) is 9.59 Å². The van der Waals surface area contributed by atoms with E-state index in [1.165, 1.54) is 6.07 Å². The van der Waals surface area contributed by atoms with Crippen molar-refractivity contribution in [1.29, 1.82) is 0 Å². The molecule has 0 spiro atoms. The highest BCUT2D eigenvalue weighted by Crippen LogP contribution is 2.26. The van der Waals surface area contributed by atoms with Crippen LogP contribution in [0.25, 0.3) is 0 Å². The van der Waals surface area contributed by atoms with Gasteiger partial charge in [-0.25, -0.2) is 4.98 Å². The van der Waals surface area contributed by atoms with E-state index in [9.17, 15) is 9.59 Å². The third-order valence-electron chi connectivity index (χ3n) is 5.19. The van der Waals surface area contributed by atoms with E-state index in [-0.39, 0.29) is 17.4 Å². The fourth-order valence-electron chi connectivity index (χ4n) is 3.63. The summed E-state index contributed by atoms with van der Waals surface area (Å²) in [6, 6.07) is 3.20. The number of aryl methyl sites for hydroxylation is 1. The molecule has 146 valence electrons. The van der Waals surface area contributed by atoms with E-state index in [1.807, 2.05) is 24.2 Å². The number of amides is 1. The number of carbonyl (C=O) groups is 1. The van der Waals surface area contributed by atoms with Crippen molar-refractivity contribution in [1.82, 2.24) is 23.9 Å². The van der Waals surface area contributed by atoms with Gasteiger partial charge in [0, 0.05) is 68.9 Å². The van der Waals surface area contributed by atoms with Crippen molar-refractivity contribution in [3.8, 4) is 0 Å². The lowest BCUT2D eigenvalue weighted by atomic mass is 9.96. The van der Waals surface area contributed by atoms with Crippen LogP contribution in [0.2, 0.25) is 0 Å². The van der Waals surface area contributed by atoms with Crippen molar-refractivity contribution in [3.05, 3.63) is 52.5 Å². The van der Waals surface area contributed by atoms with Crippen molar-refractivity contribution in [2.75, 3.05) is 33.7 Å². The van der Waals surface area contributed by atoms with Crippen LogP contribution >= 0.6 is 0 Å². The molecule has 2 aromatic heterocycles. The van der Waals surface area contributed by atoms with Crippen molar-refractivity contribution < 1.29 is 4.79 Å². The number of piperidine rings is 1. The van der Waals surface area contributed by atoms with E-state index in [0.717, 1.165) is 38.3 Å². The van der Waals surface area contributed by atoms with E-state index in [2.05, 4.69) is 28.5 Å². The van der Waals surface area contributed by atoms with Crippen LogP contribution in [0.3, 0.4) is 0 Å². The molecular weight excluding hydrogens is 342 g/mol. The Morgan fingerprint density at radius 3 is 2.81 bits per heavy atom. The molecule has 0 N–H and O–H groups in total. The van der Waals surface area contributed by atoms with Crippen molar-refractivity contribution in [2.45, 2.75) is 38.8 Å². The van der Waals surface area contributed by atoms with E-state index in [0.29, 0.717) is 18.7 Å². The number of likely N-dealkylation sites (N-methyl/N-ethyl adjacent to an activating group) is 1. The smallest absolute Gasteiger partial charge is 0.254 e. The van der Waals surface area contributed by atoms with Crippen molar-refractivity contribution in [2.24, 2.45) is 0 Å². The normalized spacial score (nSPS) is 17.5. The topological polar surface area (TPSA) is 63.4 Å². The van der Waals surface area contributed by atoms with Crippen LogP contribution in [0.5, 0.6) is 0 Å². The van der Waals surface area contributed by atoms with E-state index in [4.69, 9.17) is 0 Å². The molecular formula is C20H29N5O2. The second-order valence-electron chi connectivity index (χ2n) is 7.41. The molecule has 3 heterocycles. The number of imidazole rings is 1. The van der Waals surface area contributed by atoms with Gasteiger partial charge in [-0.15, -0.1) is 0 Å². The largest absolute Gasteiger partial charge is 0.338 e. The summed E-state index contributed by atoms with van der Waals surface area (Å²) < 4.78 is 3.79. The van der Waals surface area contributed by atoms with Gasteiger partial charge in [0.25, 0.3) is 11.5 Å². The Kier molecular flexibility index (Phi) is 6.11. The molecule has 2 aromatic rings. The molecule has 1 aliphatic rings. The molecule has 7 nitrogen and oxygen atoms in total. The second-order valence-corrected chi connectivity index (χ2v) is 7.41. The predicted molar refractivity (Wildman–Crippen MR) is 105 cm³/mol. The lowest BCUT2D eigenvalue weighted by Crippen LogP contribution is -2.40. The van der Waals surface area contributed by atoms with Gasteiger partial charge in [0.1, 0.15) is 5.82 Å². The van der Waals surface area contributed by atoms with Gasteiger partial charge < -0.3 is 18.9 Å². The van der Waals surface area contributed by atoms with Gasteiger partial charge in [-0.2, -0.15) is 0 Å². The molecule has 27 heavy (non-hydrogen) atoms. The summed E-state index contributed by atoms with van der Waals surface area (Å²) in [4.78, 5) is 33.6. The predicted octanol–water partition coefficient (Wildman–Crippen LogP) is 1.65. The maximum atomic E-state index is 12.9. The van der Waals surface area contributed by atoms with Crippen LogP contribution in [-0.2, 0) is 13.1 Å². The first-order valence-corrected chi connectivity index (χ1v) is 9.65. The Balaban J connectivity index is 1.73. The summed E-state index contributed by atoms with van der Waals surface area (Å²) >= 11 is 0. The molecule has 1 aliphatic heterocycles. The molecule has 1 unspecified atom stereocenters. The molecule has 0 aliphatic carbocycles. The van der Waals surface area contributed by atoms with Crippen LogP contribution < -0.4 is 5.56 Å². The summed E-state index contributed by atoms with van der Waals surface area (Å²) in [6.45, 7) is 5.74. The molecule has 1 fully saturated rings. The summed E-state index contributed by atoms with van der Waals surface area (Å²) in [5, 5.41) is 0. The van der Waals surface area contributed by atoms with E-state index >= 15 is 0 Å². The fraction of sp³-hybridized carbons (Fsp3) is 0.550. The Morgan fingerprint density at radius 1 is 1.30 bits per heavy atom. The number of aromatic nitrogens is 3. The SMILES string of the molecule is CCn1ccc(C(=O)N2CCCC(c3nccn3CCN(C)C)C2)cc1=O. The highest BCUT2D eigenvalue weighted by atomic mass is 16.2. The third-order valence-corrected chi connectivity index (χ3v) is 5.19. The molecule has 1 saturated heterocycles. The zero-order valence-electron chi connectivity index (χ0n) is 16.5. The van der Waals surface area contributed by atoms with Crippen LogP contribution in [-0.4, -0.2) is 63.6 Å². The molecule has 1 amide bonds. The van der Waals surface area contributed by atoms with Crippen molar-refractivity contribution >= 4 is 5.91 Å². The molecule has 7 heteroatoms. The van der Waals surface area contributed by atoms with Gasteiger partial charge in [0.05, 0.1) is 0 Å². The van der Waals surface area contributed by atoms with Crippen LogP contribution in [0.15, 0.2) is 35.5 Å². The third kappa shape index (κ3) is 4.47. The molecule has 0 radical (unpaired) electrons. The zero-order chi connectivity index (χ0) is 19.4. The maximum absolute atomic E-state index is 12.9. The monoisotopic (exact) mass is 371 g/mol. The molecule has 0 saturated carbocycles. The summed E-state index contributed by atoms with van der Waals surface area (Å²) in [5.41, 5.74) is 0.345. The maximum Gasteiger partial charge on any atom is 0.254 e. The van der Waals surface area contributed by atoms with Crippen LogP contribution in [0.4, 0.5) is 0 Å². The number of hydrogen-bond donors (Lipinski definition) is 0. The van der Waals surface area contributed by atoms with Gasteiger partial charge in [0.15, 0.2) is 0 Å². The van der Waals surface area contributed by atoms with Gasteiger partial charge >= 0.3 is 0 Å². The first-order chi connectivity index (χ1) is 13.0. The Labute approximate surface area is 160 Å². The summed E-state index contributed by atoms with van der Waals surface area (Å²) in [7, 11) is 4.12. The average Bonchev–Trinajstić information content (AvgIpc) is 3.14. The average molecular weight is 371 g/mol. The van der Waals surface area contributed by atoms with Crippen LogP contribution in [0.1, 0.15) is 41.9 Å². The highest BCUT2D eigenvalue weighted by Gasteiger charge is 2.28. The Hall–Kier alpha value is -2.41. The summed E-state index contributed by atoms with van der Waals surface area (Å²) in [5.74, 6) is 1.22. The number of pyridine rings is 1. The highest BCUT2D eigenvalue weighted by molar-refractivity contribution is 5.94. The van der Waals surface area contributed by atoms with Gasteiger partial charge in [-0.1, -0.05) is 0 Å². The molecule has 0 aromatic carbocycles. The summed E-state index contributed by atoms with van der Waals surface area (Å²) in [6.07, 6.45) is 7.54. The standard InChI is InChI=1S/C20H29N5O2/c1-4-23-10-7-16(14-18(23)26)20(27)25-9-5-6-17(15-25)19-21-8-11-24(19)13-12-22(2)3/h7-8,10-11,14,17H,4-6,9,12-13,15H2,1-3H3. The van der Waals surface area contributed by atoms with Gasteiger partial charge in [0.2, 0.25) is 0 Å². The lowest BCUT2D eigenvalue weighted by molar-refractivity contribution is 0.0702. The minimum atomic E-state index is -0.129. The number of nitrogens with zero attached hydrogens (tertiary/aromatic N) is 5. The molecule has 0 bridgehead atoms.